The van der Waals surface area contributed by atoms with Crippen LogP contribution in [0, 0.1) is 20.2 Å². The average molecular weight is 468 g/mol. The molecule has 0 aromatic heterocycles. The molecule has 0 aliphatic carbocycles. The van der Waals surface area contributed by atoms with Crippen molar-refractivity contribution in [3.63, 3.8) is 0 Å². The quantitative estimate of drug-likeness (QED) is 0.277. The summed E-state index contributed by atoms with van der Waals surface area (Å²) in [6.45, 7) is 0. The summed E-state index contributed by atoms with van der Waals surface area (Å²) < 4.78 is 76.6. The van der Waals surface area contributed by atoms with Gasteiger partial charge in [0, 0.05) is 12.1 Å². The zero-order valence-electron chi connectivity index (χ0n) is 14.9. The lowest BCUT2D eigenvalue weighted by molar-refractivity contribution is -0.388. The molecule has 0 radical (unpaired) electrons. The third-order valence-electron chi connectivity index (χ3n) is 3.66. The van der Waals surface area contributed by atoms with Gasteiger partial charge in [-0.2, -0.15) is 26.3 Å². The van der Waals surface area contributed by atoms with E-state index in [1.807, 2.05) is 0 Å². The maximum atomic E-state index is 12.8. The molecule has 2 aromatic carbocycles. The van der Waals surface area contributed by atoms with Crippen molar-refractivity contribution in [1.29, 1.82) is 0 Å². The van der Waals surface area contributed by atoms with Crippen LogP contribution in [0.1, 0.15) is 31.8 Å². The molecule has 32 heavy (non-hydrogen) atoms. The number of nitro benzene ring substituents is 2. The highest BCUT2D eigenvalue weighted by Crippen LogP contribution is 2.37. The number of rotatable bonds is 4. The van der Waals surface area contributed by atoms with Gasteiger partial charge in [0.15, 0.2) is 0 Å². The van der Waals surface area contributed by atoms with Gasteiger partial charge >= 0.3 is 24.3 Å². The average Bonchev–Trinajstić information content (AvgIpc) is 2.69. The number of hydrogen-bond donors (Lipinski definition) is 0. The summed E-state index contributed by atoms with van der Waals surface area (Å²) in [7, 11) is 0. The highest BCUT2D eigenvalue weighted by atomic mass is 19.4. The molecule has 0 aliphatic rings. The molecule has 10 nitrogen and oxygen atoms in total. The zero-order chi connectivity index (χ0) is 24.4. The maximum absolute atomic E-state index is 12.8. The highest BCUT2D eigenvalue weighted by Gasteiger charge is 2.40. The van der Waals surface area contributed by atoms with Gasteiger partial charge in [-0.3, -0.25) is 20.2 Å². The predicted molar refractivity (Wildman–Crippen MR) is 87.0 cm³/mol. The monoisotopic (exact) mass is 468 g/mol. The van der Waals surface area contributed by atoms with Crippen molar-refractivity contribution in [2.24, 2.45) is 0 Å². The van der Waals surface area contributed by atoms with Gasteiger partial charge in [0.05, 0.1) is 21.0 Å². The van der Waals surface area contributed by atoms with Crippen LogP contribution in [-0.4, -0.2) is 21.8 Å². The van der Waals surface area contributed by atoms with Gasteiger partial charge in [-0.05, 0) is 24.3 Å². The zero-order valence-corrected chi connectivity index (χ0v) is 14.9. The van der Waals surface area contributed by atoms with Gasteiger partial charge in [-0.1, -0.05) is 0 Å². The van der Waals surface area contributed by atoms with E-state index in [1.54, 1.807) is 0 Å². The molecule has 0 heterocycles. The summed E-state index contributed by atoms with van der Waals surface area (Å²) in [5, 5.41) is 21.6. The van der Waals surface area contributed by atoms with E-state index in [2.05, 4.69) is 9.78 Å². The number of nitro groups is 2. The lowest BCUT2D eigenvalue weighted by atomic mass is 10.1. The molecule has 0 N–H and O–H groups in total. The van der Waals surface area contributed by atoms with E-state index in [0.717, 1.165) is 0 Å². The van der Waals surface area contributed by atoms with Gasteiger partial charge in [0.25, 0.3) is 11.4 Å². The fourth-order valence-electron chi connectivity index (χ4n) is 2.27. The van der Waals surface area contributed by atoms with Crippen molar-refractivity contribution in [2.45, 2.75) is 12.4 Å². The van der Waals surface area contributed by atoms with Crippen LogP contribution in [0.5, 0.6) is 0 Å². The lowest BCUT2D eigenvalue weighted by Gasteiger charge is -2.09. The van der Waals surface area contributed by atoms with Crippen LogP contribution < -0.4 is 0 Å². The Labute approximate surface area is 171 Å². The number of nitrogens with zero attached hydrogens (tertiary/aromatic N) is 2. The fraction of sp³-hybridized carbons (Fsp3) is 0.125. The van der Waals surface area contributed by atoms with Gasteiger partial charge in [0.1, 0.15) is 11.1 Å². The second-order valence-electron chi connectivity index (χ2n) is 5.72. The van der Waals surface area contributed by atoms with Crippen LogP contribution in [0.2, 0.25) is 0 Å². The van der Waals surface area contributed by atoms with Gasteiger partial charge < -0.3 is 0 Å². The third-order valence-corrected chi connectivity index (χ3v) is 3.66. The van der Waals surface area contributed by atoms with Gasteiger partial charge in [-0.15, -0.1) is 0 Å². The molecule has 0 unspecified atom stereocenters. The minimum absolute atomic E-state index is 0.196. The molecule has 0 bridgehead atoms. The Kier molecular flexibility index (Phi) is 6.37. The van der Waals surface area contributed by atoms with Gasteiger partial charge in [0.2, 0.25) is 0 Å². The molecule has 0 saturated carbocycles. The van der Waals surface area contributed by atoms with E-state index < -0.39 is 67.8 Å². The SMILES string of the molecule is O=C(OOC(=O)c1ccc(C(F)(F)F)c([N+](=O)[O-])c1)c1ccc(C(F)(F)F)c([N+](=O)[O-])c1. The van der Waals surface area contributed by atoms with Crippen LogP contribution in [0.3, 0.4) is 0 Å². The molecule has 2 rings (SSSR count). The topological polar surface area (TPSA) is 139 Å². The van der Waals surface area contributed by atoms with Crippen LogP contribution in [0.15, 0.2) is 36.4 Å². The van der Waals surface area contributed by atoms with Crippen LogP contribution >= 0.6 is 0 Å². The summed E-state index contributed by atoms with van der Waals surface area (Å²) in [4.78, 5) is 50.4. The Bertz CT molecular complexity index is 1030. The van der Waals surface area contributed by atoms with Crippen molar-refractivity contribution in [2.75, 3.05) is 0 Å². The second-order valence-corrected chi connectivity index (χ2v) is 5.72. The first kappa shape index (κ1) is 24.0. The van der Waals surface area contributed by atoms with E-state index in [9.17, 15) is 56.2 Å². The molecule has 0 aliphatic heterocycles. The Hall–Kier alpha value is -4.24. The first-order valence-corrected chi connectivity index (χ1v) is 7.77. The molecule has 170 valence electrons. The summed E-state index contributed by atoms with van der Waals surface area (Å²) >= 11 is 0. The Morgan fingerprint density at radius 2 is 1.00 bits per heavy atom. The van der Waals surface area contributed by atoms with Crippen molar-refractivity contribution in [1.82, 2.24) is 0 Å². The Balaban J connectivity index is 2.23. The lowest BCUT2D eigenvalue weighted by Crippen LogP contribution is -2.15. The number of alkyl halides is 6. The molecular weight excluding hydrogens is 462 g/mol. The summed E-state index contributed by atoms with van der Waals surface area (Å²) in [5.41, 5.74) is -8.03. The molecule has 16 heteroatoms. The summed E-state index contributed by atoms with van der Waals surface area (Å²) in [5.74, 6) is -3.34. The van der Waals surface area contributed by atoms with Crippen molar-refractivity contribution < 1.29 is 55.6 Å². The number of halogens is 6. The number of carbonyl (C=O) groups excluding carboxylic acids is 2. The molecule has 2 aromatic rings. The number of hydrogen-bond acceptors (Lipinski definition) is 8. The maximum Gasteiger partial charge on any atom is 0.422 e. The van der Waals surface area contributed by atoms with Crippen LogP contribution in [0.25, 0.3) is 0 Å². The fourth-order valence-corrected chi connectivity index (χ4v) is 2.27. The largest absolute Gasteiger partial charge is 0.422 e. The Morgan fingerprint density at radius 1 is 0.688 bits per heavy atom. The highest BCUT2D eigenvalue weighted by molar-refractivity contribution is 5.93. The standard InChI is InChI=1S/C16H6F6N2O8/c17-15(18,19)9-3-1-7(5-11(9)23(27)28)13(25)31-32-14(26)8-2-4-10(16(20,21)22)12(6-8)24(29)30/h1-6H. The summed E-state index contributed by atoms with van der Waals surface area (Å²) in [6, 6.07) is 1.76. The number of benzene rings is 2. The summed E-state index contributed by atoms with van der Waals surface area (Å²) in [6.07, 6.45) is -10.2. The van der Waals surface area contributed by atoms with Gasteiger partial charge in [-0.25, -0.2) is 19.4 Å². The van der Waals surface area contributed by atoms with E-state index in [-0.39, 0.29) is 24.3 Å². The smallest absolute Gasteiger partial charge is 0.258 e. The Morgan fingerprint density at radius 3 is 1.25 bits per heavy atom. The molecule has 0 spiro atoms. The molecular formula is C16H6F6N2O8. The first-order chi connectivity index (χ1) is 14.6. The van der Waals surface area contributed by atoms with Crippen LogP contribution in [-0.2, 0) is 22.1 Å². The van der Waals surface area contributed by atoms with Crippen molar-refractivity contribution >= 4 is 23.3 Å². The van der Waals surface area contributed by atoms with E-state index >= 15 is 0 Å². The third kappa shape index (κ3) is 5.27. The molecule has 0 amide bonds. The van der Waals surface area contributed by atoms with E-state index in [4.69, 9.17) is 0 Å². The minimum Gasteiger partial charge on any atom is -0.258 e. The van der Waals surface area contributed by atoms with Crippen molar-refractivity contribution in [3.05, 3.63) is 78.9 Å². The van der Waals surface area contributed by atoms with Crippen LogP contribution in [0.4, 0.5) is 37.7 Å². The normalized spacial score (nSPS) is 11.6. The molecule has 0 saturated heterocycles. The first-order valence-electron chi connectivity index (χ1n) is 7.77. The second kappa shape index (κ2) is 8.48. The van der Waals surface area contributed by atoms with E-state index in [0.29, 0.717) is 12.1 Å². The molecule has 0 fully saturated rings. The minimum atomic E-state index is -5.12. The number of carbonyl (C=O) groups is 2. The molecule has 0 atom stereocenters. The van der Waals surface area contributed by atoms with Crippen molar-refractivity contribution in [3.8, 4) is 0 Å². The predicted octanol–water partition coefficient (Wildman–Crippen LogP) is 4.47. The van der Waals surface area contributed by atoms with E-state index in [1.165, 1.54) is 0 Å².